The molecule has 16 heavy (non-hydrogen) atoms. The van der Waals surface area contributed by atoms with E-state index in [9.17, 15) is 0 Å². The van der Waals surface area contributed by atoms with Gasteiger partial charge < -0.3 is 0 Å². The van der Waals surface area contributed by atoms with Crippen molar-refractivity contribution in [1.29, 1.82) is 0 Å². The summed E-state index contributed by atoms with van der Waals surface area (Å²) in [6.07, 6.45) is 5.41. The first-order valence-corrected chi connectivity index (χ1v) is 6.43. The van der Waals surface area contributed by atoms with Crippen molar-refractivity contribution in [2.24, 2.45) is 0 Å². The van der Waals surface area contributed by atoms with Gasteiger partial charge in [-0.25, -0.2) is 0 Å². The lowest BCUT2D eigenvalue weighted by molar-refractivity contribution is 0.345. The molecule has 0 aliphatic heterocycles. The summed E-state index contributed by atoms with van der Waals surface area (Å²) in [4.78, 5) is 0. The zero-order chi connectivity index (χ0) is 11.3. The molecule has 1 heterocycles. The maximum atomic E-state index is 4.52. The number of fused-ring (bicyclic) bond motifs is 2. The van der Waals surface area contributed by atoms with Gasteiger partial charge in [-0.3, -0.25) is 0 Å². The predicted octanol–water partition coefficient (Wildman–Crippen LogP) is 3.53. The van der Waals surface area contributed by atoms with Crippen LogP contribution in [0.15, 0.2) is 6.07 Å². The molecule has 1 fully saturated rings. The van der Waals surface area contributed by atoms with E-state index in [1.807, 2.05) is 0 Å². The minimum absolute atomic E-state index is 0.124. The molecule has 0 N–H and O–H groups in total. The standard InChI is InChI=1S/C14H20N2/c1-14(2,3)12-8-11-9-4-6-10(7-5-9)13(11)16-15-12/h8-10H,4-7H2,1-3H3. The Kier molecular flexibility index (Phi) is 2.10. The molecule has 2 bridgehead atoms. The molecule has 1 saturated carbocycles. The van der Waals surface area contributed by atoms with Crippen LogP contribution in [-0.2, 0) is 5.41 Å². The molecular weight excluding hydrogens is 196 g/mol. The zero-order valence-electron chi connectivity index (χ0n) is 10.5. The van der Waals surface area contributed by atoms with E-state index >= 15 is 0 Å². The highest BCUT2D eigenvalue weighted by atomic mass is 15.1. The lowest BCUT2D eigenvalue weighted by Gasteiger charge is -2.37. The van der Waals surface area contributed by atoms with E-state index in [1.165, 1.54) is 36.9 Å². The first kappa shape index (κ1) is 10.2. The predicted molar refractivity (Wildman–Crippen MR) is 64.7 cm³/mol. The quantitative estimate of drug-likeness (QED) is 0.663. The van der Waals surface area contributed by atoms with Crippen LogP contribution in [0.1, 0.15) is 75.2 Å². The molecular formula is C14H20N2. The van der Waals surface area contributed by atoms with E-state index in [4.69, 9.17) is 0 Å². The highest BCUT2D eigenvalue weighted by molar-refractivity contribution is 5.34. The summed E-state index contributed by atoms with van der Waals surface area (Å²) in [5, 5.41) is 8.95. The summed E-state index contributed by atoms with van der Waals surface area (Å²) in [5.41, 5.74) is 4.11. The molecule has 0 atom stereocenters. The molecule has 2 nitrogen and oxygen atoms in total. The lowest BCUT2D eigenvalue weighted by Crippen LogP contribution is -2.25. The van der Waals surface area contributed by atoms with E-state index < -0.39 is 0 Å². The Bertz CT molecular complexity index is 409. The van der Waals surface area contributed by atoms with Gasteiger partial charge in [0.05, 0.1) is 11.4 Å². The fourth-order valence-corrected chi connectivity index (χ4v) is 3.10. The van der Waals surface area contributed by atoms with Crippen LogP contribution in [0.4, 0.5) is 0 Å². The highest BCUT2D eigenvalue weighted by Gasteiger charge is 2.35. The zero-order valence-corrected chi connectivity index (χ0v) is 10.5. The van der Waals surface area contributed by atoms with Crippen molar-refractivity contribution in [2.75, 3.05) is 0 Å². The smallest absolute Gasteiger partial charge is 0.0696 e. The van der Waals surface area contributed by atoms with E-state index in [0.717, 1.165) is 11.6 Å². The van der Waals surface area contributed by atoms with Gasteiger partial charge in [-0.1, -0.05) is 20.8 Å². The normalized spacial score (nSPS) is 27.9. The van der Waals surface area contributed by atoms with Crippen LogP contribution in [0.5, 0.6) is 0 Å². The molecule has 3 aliphatic rings. The van der Waals surface area contributed by atoms with Gasteiger partial charge in [-0.15, -0.1) is 0 Å². The molecule has 2 heteroatoms. The van der Waals surface area contributed by atoms with Gasteiger partial charge in [-0.2, -0.15) is 10.2 Å². The summed E-state index contributed by atoms with van der Waals surface area (Å²) in [5.74, 6) is 1.48. The molecule has 1 aromatic heterocycles. The molecule has 0 radical (unpaired) electrons. The maximum absolute atomic E-state index is 4.52. The number of hydrogen-bond donors (Lipinski definition) is 0. The average molecular weight is 216 g/mol. The molecule has 0 spiro atoms. The number of rotatable bonds is 0. The molecule has 86 valence electrons. The average Bonchev–Trinajstić information content (AvgIpc) is 2.29. The Morgan fingerprint density at radius 3 is 2.25 bits per heavy atom. The van der Waals surface area contributed by atoms with Crippen LogP contribution in [0.3, 0.4) is 0 Å². The molecule has 1 aromatic rings. The topological polar surface area (TPSA) is 25.8 Å². The molecule has 0 saturated heterocycles. The summed E-state index contributed by atoms with van der Waals surface area (Å²) < 4.78 is 0. The number of hydrogen-bond acceptors (Lipinski definition) is 2. The van der Waals surface area contributed by atoms with Gasteiger partial charge in [0.25, 0.3) is 0 Å². The van der Waals surface area contributed by atoms with Crippen molar-refractivity contribution >= 4 is 0 Å². The van der Waals surface area contributed by atoms with Crippen LogP contribution in [0.2, 0.25) is 0 Å². The van der Waals surface area contributed by atoms with E-state index in [2.05, 4.69) is 37.0 Å². The maximum Gasteiger partial charge on any atom is 0.0696 e. The van der Waals surface area contributed by atoms with E-state index in [0.29, 0.717) is 5.92 Å². The third kappa shape index (κ3) is 1.47. The largest absolute Gasteiger partial charge is 0.155 e. The fourth-order valence-electron chi connectivity index (χ4n) is 3.10. The molecule has 3 aliphatic carbocycles. The van der Waals surface area contributed by atoms with Gasteiger partial charge >= 0.3 is 0 Å². The van der Waals surface area contributed by atoms with Crippen molar-refractivity contribution in [2.45, 2.75) is 63.7 Å². The van der Waals surface area contributed by atoms with Crippen molar-refractivity contribution in [3.8, 4) is 0 Å². The van der Waals surface area contributed by atoms with Crippen molar-refractivity contribution in [3.05, 3.63) is 23.0 Å². The minimum Gasteiger partial charge on any atom is -0.155 e. The van der Waals surface area contributed by atoms with Gasteiger partial charge in [0.15, 0.2) is 0 Å². The highest BCUT2D eigenvalue weighted by Crippen LogP contribution is 2.48. The fraction of sp³-hybridized carbons (Fsp3) is 0.714. The van der Waals surface area contributed by atoms with Gasteiger partial charge in [0.1, 0.15) is 0 Å². The van der Waals surface area contributed by atoms with Crippen LogP contribution in [-0.4, -0.2) is 10.2 Å². The first-order chi connectivity index (χ1) is 7.55. The molecule has 0 amide bonds. The molecule has 4 rings (SSSR count). The monoisotopic (exact) mass is 216 g/mol. The van der Waals surface area contributed by atoms with Gasteiger partial charge in [0, 0.05) is 11.3 Å². The van der Waals surface area contributed by atoms with Gasteiger partial charge in [-0.05, 0) is 43.2 Å². The Balaban J connectivity index is 2.09. The van der Waals surface area contributed by atoms with Crippen LogP contribution < -0.4 is 0 Å². The lowest BCUT2D eigenvalue weighted by atomic mass is 9.69. The Labute approximate surface area is 97.5 Å². The molecule has 0 unspecified atom stereocenters. The van der Waals surface area contributed by atoms with Crippen molar-refractivity contribution < 1.29 is 0 Å². The second-order valence-corrected chi connectivity index (χ2v) is 6.37. The van der Waals surface area contributed by atoms with E-state index in [1.54, 1.807) is 0 Å². The van der Waals surface area contributed by atoms with Crippen LogP contribution >= 0.6 is 0 Å². The third-order valence-electron chi connectivity index (χ3n) is 4.18. The van der Waals surface area contributed by atoms with Crippen molar-refractivity contribution in [1.82, 2.24) is 10.2 Å². The van der Waals surface area contributed by atoms with Crippen LogP contribution in [0.25, 0.3) is 0 Å². The van der Waals surface area contributed by atoms with Crippen molar-refractivity contribution in [3.63, 3.8) is 0 Å². The summed E-state index contributed by atoms with van der Waals surface area (Å²) in [7, 11) is 0. The Morgan fingerprint density at radius 1 is 1.00 bits per heavy atom. The number of aromatic nitrogens is 2. The first-order valence-electron chi connectivity index (χ1n) is 6.43. The Hall–Kier alpha value is -0.920. The Morgan fingerprint density at radius 2 is 1.62 bits per heavy atom. The third-order valence-corrected chi connectivity index (χ3v) is 4.18. The summed E-state index contributed by atoms with van der Waals surface area (Å²) in [6, 6.07) is 2.33. The van der Waals surface area contributed by atoms with E-state index in [-0.39, 0.29) is 5.41 Å². The second kappa shape index (κ2) is 3.28. The van der Waals surface area contributed by atoms with Gasteiger partial charge in [0.2, 0.25) is 0 Å². The number of nitrogens with zero attached hydrogens (tertiary/aromatic N) is 2. The minimum atomic E-state index is 0.124. The second-order valence-electron chi connectivity index (χ2n) is 6.37. The summed E-state index contributed by atoms with van der Waals surface area (Å²) in [6.45, 7) is 6.64. The molecule has 0 aromatic carbocycles. The summed E-state index contributed by atoms with van der Waals surface area (Å²) >= 11 is 0. The SMILES string of the molecule is CC(C)(C)c1cc2c(nn1)C1CCC2CC1. The van der Waals surface area contributed by atoms with Crippen LogP contribution in [0, 0.1) is 0 Å².